The normalized spacial score (nSPS) is 28.4. The van der Waals surface area contributed by atoms with Crippen molar-refractivity contribution in [1.29, 1.82) is 0 Å². The lowest BCUT2D eigenvalue weighted by molar-refractivity contribution is 0.00810. The maximum atomic E-state index is 12.2. The van der Waals surface area contributed by atoms with Crippen LogP contribution in [-0.4, -0.2) is 31.8 Å². The van der Waals surface area contributed by atoms with Gasteiger partial charge in [-0.05, 0) is 43.5 Å². The zero-order valence-corrected chi connectivity index (χ0v) is 11.3. The van der Waals surface area contributed by atoms with Crippen LogP contribution in [0.2, 0.25) is 0 Å². The molecule has 19 heavy (non-hydrogen) atoms. The Morgan fingerprint density at radius 1 is 1.47 bits per heavy atom. The van der Waals surface area contributed by atoms with Crippen LogP contribution in [-0.2, 0) is 4.74 Å². The number of rotatable bonds is 3. The van der Waals surface area contributed by atoms with Crippen LogP contribution in [0, 0.1) is 12.8 Å². The van der Waals surface area contributed by atoms with E-state index in [9.17, 15) is 4.79 Å². The van der Waals surface area contributed by atoms with Gasteiger partial charge in [-0.3, -0.25) is 4.79 Å². The van der Waals surface area contributed by atoms with Crippen molar-refractivity contribution in [3.05, 3.63) is 29.3 Å². The Morgan fingerprint density at radius 2 is 2.32 bits per heavy atom. The number of fused-ring (bicyclic) bond motifs is 1. The number of hydrogen-bond donors (Lipinski definition) is 1. The van der Waals surface area contributed by atoms with Crippen molar-refractivity contribution in [2.75, 3.05) is 13.7 Å². The van der Waals surface area contributed by atoms with Gasteiger partial charge in [-0.15, -0.1) is 0 Å². The number of methoxy groups -OCH3 is 1. The Bertz CT molecular complexity index is 500. The van der Waals surface area contributed by atoms with Gasteiger partial charge in [0.05, 0.1) is 13.2 Å². The maximum Gasteiger partial charge on any atom is 0.251 e. The van der Waals surface area contributed by atoms with E-state index in [0.29, 0.717) is 17.6 Å². The summed E-state index contributed by atoms with van der Waals surface area (Å²) in [6.07, 6.45) is 2.39. The van der Waals surface area contributed by atoms with Crippen molar-refractivity contribution < 1.29 is 14.3 Å². The molecular formula is C15H19NO3. The zero-order chi connectivity index (χ0) is 13.4. The van der Waals surface area contributed by atoms with Crippen molar-refractivity contribution >= 4 is 5.91 Å². The minimum Gasteiger partial charge on any atom is -0.496 e. The molecule has 1 aromatic carbocycles. The number of carbonyl (C=O) groups is 1. The van der Waals surface area contributed by atoms with E-state index in [0.717, 1.165) is 30.8 Å². The largest absolute Gasteiger partial charge is 0.496 e. The molecular weight excluding hydrogens is 242 g/mol. The van der Waals surface area contributed by atoms with Gasteiger partial charge < -0.3 is 14.8 Å². The first kappa shape index (κ1) is 12.5. The van der Waals surface area contributed by atoms with Crippen LogP contribution in [0.1, 0.15) is 28.8 Å². The summed E-state index contributed by atoms with van der Waals surface area (Å²) >= 11 is 0. The standard InChI is InChI=1S/C15H19NO3/c1-9-7-10(3-4-13(9)18-2)15(17)16-12-8-14-11(12)5-6-19-14/h3-4,7,11-12,14H,5-6,8H2,1-2H3,(H,16,17)/t11-,12-,14+/m1/s1. The van der Waals surface area contributed by atoms with Crippen LogP contribution >= 0.6 is 0 Å². The molecule has 102 valence electrons. The lowest BCUT2D eigenvalue weighted by Crippen LogP contribution is -2.53. The fraction of sp³-hybridized carbons (Fsp3) is 0.533. The van der Waals surface area contributed by atoms with Crippen LogP contribution in [0.3, 0.4) is 0 Å². The number of carbonyl (C=O) groups excluding carboxylic acids is 1. The van der Waals surface area contributed by atoms with Gasteiger partial charge in [-0.25, -0.2) is 0 Å². The highest BCUT2D eigenvalue weighted by molar-refractivity contribution is 5.94. The van der Waals surface area contributed by atoms with E-state index in [1.807, 2.05) is 25.1 Å². The molecule has 0 unspecified atom stereocenters. The van der Waals surface area contributed by atoms with Crippen molar-refractivity contribution in [1.82, 2.24) is 5.32 Å². The monoisotopic (exact) mass is 261 g/mol. The van der Waals surface area contributed by atoms with E-state index in [1.54, 1.807) is 7.11 Å². The lowest BCUT2D eigenvalue weighted by Gasteiger charge is -2.39. The van der Waals surface area contributed by atoms with Crippen LogP contribution in [0.5, 0.6) is 5.75 Å². The Morgan fingerprint density at radius 3 is 3.00 bits per heavy atom. The van der Waals surface area contributed by atoms with Crippen molar-refractivity contribution in [2.24, 2.45) is 5.92 Å². The second-order valence-electron chi connectivity index (χ2n) is 5.36. The molecule has 1 aliphatic heterocycles. The highest BCUT2D eigenvalue weighted by atomic mass is 16.5. The van der Waals surface area contributed by atoms with Crippen molar-refractivity contribution in [3.8, 4) is 5.75 Å². The second kappa shape index (κ2) is 4.85. The third-order valence-electron chi connectivity index (χ3n) is 4.24. The predicted octanol–water partition coefficient (Wildman–Crippen LogP) is 1.91. The molecule has 1 saturated carbocycles. The average molecular weight is 261 g/mol. The van der Waals surface area contributed by atoms with Gasteiger partial charge in [-0.1, -0.05) is 0 Å². The topological polar surface area (TPSA) is 47.6 Å². The van der Waals surface area contributed by atoms with E-state index in [1.165, 1.54) is 0 Å². The Balaban J connectivity index is 1.65. The molecule has 2 aliphatic rings. The lowest BCUT2D eigenvalue weighted by atomic mass is 9.76. The smallest absolute Gasteiger partial charge is 0.251 e. The molecule has 1 aromatic rings. The summed E-state index contributed by atoms with van der Waals surface area (Å²) in [5, 5.41) is 3.11. The van der Waals surface area contributed by atoms with E-state index in [4.69, 9.17) is 9.47 Å². The van der Waals surface area contributed by atoms with Crippen molar-refractivity contribution in [2.45, 2.75) is 31.9 Å². The fourth-order valence-electron chi connectivity index (χ4n) is 3.03. The average Bonchev–Trinajstić information content (AvgIpc) is 2.77. The SMILES string of the molecule is COc1ccc(C(=O)N[C@@H]2C[C@@H]3OCC[C@@H]32)cc1C. The maximum absolute atomic E-state index is 12.2. The van der Waals surface area contributed by atoms with Gasteiger partial charge in [0.15, 0.2) is 0 Å². The van der Waals surface area contributed by atoms with Gasteiger partial charge in [0.25, 0.3) is 5.91 Å². The molecule has 1 aliphatic carbocycles. The first-order valence-corrected chi connectivity index (χ1v) is 6.76. The summed E-state index contributed by atoms with van der Waals surface area (Å²) in [6, 6.07) is 5.80. The van der Waals surface area contributed by atoms with Gasteiger partial charge >= 0.3 is 0 Å². The number of hydrogen-bond acceptors (Lipinski definition) is 3. The highest BCUT2D eigenvalue weighted by Crippen LogP contribution is 2.38. The molecule has 1 saturated heterocycles. The third-order valence-corrected chi connectivity index (χ3v) is 4.24. The molecule has 0 aromatic heterocycles. The Labute approximate surface area is 113 Å². The van der Waals surface area contributed by atoms with Crippen LogP contribution in [0.4, 0.5) is 0 Å². The number of ether oxygens (including phenoxy) is 2. The number of benzene rings is 1. The number of nitrogens with one attached hydrogen (secondary N) is 1. The van der Waals surface area contributed by atoms with E-state index >= 15 is 0 Å². The van der Waals surface area contributed by atoms with E-state index < -0.39 is 0 Å². The molecule has 1 amide bonds. The molecule has 0 bridgehead atoms. The minimum atomic E-state index is 0.00102. The summed E-state index contributed by atoms with van der Waals surface area (Å²) in [4.78, 5) is 12.2. The predicted molar refractivity (Wildman–Crippen MR) is 71.4 cm³/mol. The summed E-state index contributed by atoms with van der Waals surface area (Å²) in [6.45, 7) is 2.78. The summed E-state index contributed by atoms with van der Waals surface area (Å²) in [5.74, 6) is 1.33. The first-order valence-electron chi connectivity index (χ1n) is 6.76. The fourth-order valence-corrected chi connectivity index (χ4v) is 3.03. The number of aryl methyl sites for hydroxylation is 1. The molecule has 4 nitrogen and oxygen atoms in total. The summed E-state index contributed by atoms with van der Waals surface area (Å²) in [7, 11) is 1.64. The van der Waals surface area contributed by atoms with Crippen LogP contribution in [0.25, 0.3) is 0 Å². The number of amides is 1. The summed E-state index contributed by atoms with van der Waals surface area (Å²) in [5.41, 5.74) is 1.67. The quantitative estimate of drug-likeness (QED) is 0.904. The second-order valence-corrected chi connectivity index (χ2v) is 5.36. The Kier molecular flexibility index (Phi) is 3.19. The van der Waals surface area contributed by atoms with Crippen molar-refractivity contribution in [3.63, 3.8) is 0 Å². The third kappa shape index (κ3) is 2.21. The molecule has 4 heteroatoms. The molecule has 3 rings (SSSR count). The first-order chi connectivity index (χ1) is 9.19. The Hall–Kier alpha value is -1.55. The van der Waals surface area contributed by atoms with Gasteiger partial charge in [0, 0.05) is 24.1 Å². The molecule has 0 spiro atoms. The van der Waals surface area contributed by atoms with Gasteiger partial charge in [0.2, 0.25) is 0 Å². The van der Waals surface area contributed by atoms with Gasteiger partial charge in [-0.2, -0.15) is 0 Å². The van der Waals surface area contributed by atoms with Gasteiger partial charge in [0.1, 0.15) is 5.75 Å². The van der Waals surface area contributed by atoms with Crippen LogP contribution in [0.15, 0.2) is 18.2 Å². The van der Waals surface area contributed by atoms with E-state index in [2.05, 4.69) is 5.32 Å². The molecule has 1 heterocycles. The zero-order valence-electron chi connectivity index (χ0n) is 11.3. The molecule has 1 N–H and O–H groups in total. The molecule has 3 atom stereocenters. The van der Waals surface area contributed by atoms with Crippen LogP contribution < -0.4 is 10.1 Å². The summed E-state index contributed by atoms with van der Waals surface area (Å²) < 4.78 is 10.8. The van der Waals surface area contributed by atoms with E-state index in [-0.39, 0.29) is 11.9 Å². The molecule has 2 fully saturated rings. The minimum absolute atomic E-state index is 0.00102. The highest BCUT2D eigenvalue weighted by Gasteiger charge is 2.45. The molecule has 0 radical (unpaired) electrons.